The molecule has 1 aromatic heterocycles. The third-order valence-corrected chi connectivity index (χ3v) is 5.64. The van der Waals surface area contributed by atoms with Crippen LogP contribution in [0.4, 0.5) is 5.69 Å². The van der Waals surface area contributed by atoms with Crippen LogP contribution in [0.1, 0.15) is 43.4 Å². The number of nitrogens with two attached hydrogens (primary N) is 1. The number of rotatable bonds is 3. The van der Waals surface area contributed by atoms with Gasteiger partial charge in [0.05, 0.1) is 0 Å². The van der Waals surface area contributed by atoms with Crippen LogP contribution < -0.4 is 5.73 Å². The minimum absolute atomic E-state index is 0.524. The van der Waals surface area contributed by atoms with Crippen LogP contribution in [0.15, 0.2) is 36.4 Å². The van der Waals surface area contributed by atoms with Crippen molar-refractivity contribution >= 4 is 27.1 Å². The Hall–Kier alpha value is -1.80. The van der Waals surface area contributed by atoms with Crippen LogP contribution in [-0.2, 0) is 6.42 Å². The quantitative estimate of drug-likeness (QED) is 0.577. The summed E-state index contributed by atoms with van der Waals surface area (Å²) in [4.78, 5) is 1.38. The molecule has 0 aliphatic heterocycles. The Kier molecular flexibility index (Phi) is 3.96. The van der Waals surface area contributed by atoms with Crippen molar-refractivity contribution in [2.24, 2.45) is 0 Å². The number of thiophene rings is 1. The zero-order valence-electron chi connectivity index (χ0n) is 13.7. The van der Waals surface area contributed by atoms with Crippen LogP contribution >= 0.6 is 11.3 Å². The van der Waals surface area contributed by atoms with Gasteiger partial charge in [-0.15, -0.1) is 11.3 Å². The fourth-order valence-electron chi connectivity index (χ4n) is 3.02. The highest BCUT2D eigenvalue weighted by molar-refractivity contribution is 7.22. The van der Waals surface area contributed by atoms with Gasteiger partial charge in [0.15, 0.2) is 0 Å². The number of anilines is 1. The van der Waals surface area contributed by atoms with E-state index < -0.39 is 0 Å². The van der Waals surface area contributed by atoms with Crippen molar-refractivity contribution in [1.29, 1.82) is 0 Å². The lowest BCUT2D eigenvalue weighted by atomic mass is 9.92. The largest absolute Gasteiger partial charge is 0.399 e. The van der Waals surface area contributed by atoms with Gasteiger partial charge in [0.2, 0.25) is 0 Å². The average Bonchev–Trinajstić information content (AvgIpc) is 2.82. The summed E-state index contributed by atoms with van der Waals surface area (Å²) in [6, 6.07) is 13.2. The van der Waals surface area contributed by atoms with Crippen molar-refractivity contribution in [3.8, 4) is 10.4 Å². The first kappa shape index (κ1) is 15.1. The molecule has 0 aliphatic rings. The molecule has 0 bridgehead atoms. The molecule has 2 heteroatoms. The molecule has 0 spiro atoms. The van der Waals surface area contributed by atoms with Crippen LogP contribution in [0, 0.1) is 6.92 Å². The molecule has 0 saturated heterocycles. The molecular weight excluding hydrogens is 286 g/mol. The average molecular weight is 309 g/mol. The van der Waals surface area contributed by atoms with Crippen LogP contribution in [0.5, 0.6) is 0 Å². The van der Waals surface area contributed by atoms with Crippen molar-refractivity contribution in [3.05, 3.63) is 53.1 Å². The van der Waals surface area contributed by atoms with E-state index in [1.165, 1.54) is 37.2 Å². The summed E-state index contributed by atoms with van der Waals surface area (Å²) in [7, 11) is 0. The van der Waals surface area contributed by atoms with Gasteiger partial charge in [-0.25, -0.2) is 0 Å². The molecule has 3 rings (SSSR count). The zero-order chi connectivity index (χ0) is 15.9. The second-order valence-electron chi connectivity index (χ2n) is 6.24. The molecule has 0 unspecified atom stereocenters. The van der Waals surface area contributed by atoms with Gasteiger partial charge in [-0.1, -0.05) is 45.0 Å². The maximum Gasteiger partial charge on any atom is 0.0387 e. The van der Waals surface area contributed by atoms with Crippen molar-refractivity contribution in [2.75, 3.05) is 5.73 Å². The Bertz CT molecular complexity index is 827. The Morgan fingerprint density at radius 1 is 1.09 bits per heavy atom. The summed E-state index contributed by atoms with van der Waals surface area (Å²) < 4.78 is 1.28. The van der Waals surface area contributed by atoms with Crippen LogP contribution in [0.25, 0.3) is 20.5 Å². The molecular formula is C20H23NS. The third kappa shape index (κ3) is 2.52. The Morgan fingerprint density at radius 2 is 1.86 bits per heavy atom. The summed E-state index contributed by atoms with van der Waals surface area (Å²) in [6.07, 6.45) is 1.09. The number of nitrogen functional groups attached to an aromatic ring is 1. The van der Waals surface area contributed by atoms with E-state index in [2.05, 4.69) is 58.0 Å². The predicted molar refractivity (Wildman–Crippen MR) is 99.9 cm³/mol. The first-order valence-corrected chi connectivity index (χ1v) is 8.74. The summed E-state index contributed by atoms with van der Waals surface area (Å²) in [5.41, 5.74) is 12.4. The summed E-state index contributed by atoms with van der Waals surface area (Å²) in [5, 5.41) is 1.32. The SMILES string of the molecule is CCc1ccc(-c2sc3cc(N)ccc3c2C)c(C(C)C)c1. The molecule has 114 valence electrons. The number of benzene rings is 2. The molecule has 2 N–H and O–H groups in total. The smallest absolute Gasteiger partial charge is 0.0387 e. The Morgan fingerprint density at radius 3 is 2.55 bits per heavy atom. The van der Waals surface area contributed by atoms with Crippen LogP contribution in [-0.4, -0.2) is 0 Å². The maximum absolute atomic E-state index is 5.94. The van der Waals surface area contributed by atoms with E-state index in [4.69, 9.17) is 5.73 Å². The second-order valence-corrected chi connectivity index (χ2v) is 7.29. The zero-order valence-corrected chi connectivity index (χ0v) is 14.6. The van der Waals surface area contributed by atoms with E-state index in [0.29, 0.717) is 5.92 Å². The molecule has 1 nitrogen and oxygen atoms in total. The second kappa shape index (κ2) is 5.77. The molecule has 22 heavy (non-hydrogen) atoms. The molecule has 0 amide bonds. The first-order valence-electron chi connectivity index (χ1n) is 7.93. The summed E-state index contributed by atoms with van der Waals surface area (Å²) in [5.74, 6) is 0.524. The molecule has 0 atom stereocenters. The standard InChI is InChI=1S/C20H23NS/c1-5-14-6-8-17(18(10-14)12(2)3)20-13(4)16-9-7-15(21)11-19(16)22-20/h6-12H,5,21H2,1-4H3. The highest BCUT2D eigenvalue weighted by Crippen LogP contribution is 2.41. The lowest BCUT2D eigenvalue weighted by Crippen LogP contribution is -1.94. The monoisotopic (exact) mass is 309 g/mol. The van der Waals surface area contributed by atoms with Gasteiger partial charge in [0.25, 0.3) is 0 Å². The predicted octanol–water partition coefficient (Wildman–Crippen LogP) is 6.14. The van der Waals surface area contributed by atoms with Crippen molar-refractivity contribution in [2.45, 2.75) is 40.0 Å². The highest BCUT2D eigenvalue weighted by Gasteiger charge is 2.15. The molecule has 0 aliphatic carbocycles. The van der Waals surface area contributed by atoms with Gasteiger partial charge >= 0.3 is 0 Å². The molecule has 0 radical (unpaired) electrons. The molecule has 3 aromatic rings. The number of hydrogen-bond acceptors (Lipinski definition) is 2. The Balaban J connectivity index is 2.25. The van der Waals surface area contributed by atoms with Gasteiger partial charge in [0.1, 0.15) is 0 Å². The van der Waals surface area contributed by atoms with E-state index in [-0.39, 0.29) is 0 Å². The van der Waals surface area contributed by atoms with Gasteiger partial charge in [-0.3, -0.25) is 0 Å². The lowest BCUT2D eigenvalue weighted by Gasteiger charge is -2.14. The summed E-state index contributed by atoms with van der Waals surface area (Å²) in [6.45, 7) is 8.99. The van der Waals surface area contributed by atoms with E-state index in [1.807, 2.05) is 17.4 Å². The summed E-state index contributed by atoms with van der Waals surface area (Å²) >= 11 is 1.86. The fourth-order valence-corrected chi connectivity index (χ4v) is 4.32. The molecule has 0 saturated carbocycles. The fraction of sp³-hybridized carbons (Fsp3) is 0.300. The maximum atomic E-state index is 5.94. The minimum Gasteiger partial charge on any atom is -0.399 e. The van der Waals surface area contributed by atoms with Crippen LogP contribution in [0.3, 0.4) is 0 Å². The van der Waals surface area contributed by atoms with Gasteiger partial charge in [0, 0.05) is 15.3 Å². The number of hydrogen-bond donors (Lipinski definition) is 1. The van der Waals surface area contributed by atoms with E-state index in [1.54, 1.807) is 0 Å². The molecule has 1 heterocycles. The first-order chi connectivity index (χ1) is 10.5. The van der Waals surface area contributed by atoms with Gasteiger partial charge in [-0.05, 0) is 59.0 Å². The lowest BCUT2D eigenvalue weighted by molar-refractivity contribution is 0.865. The third-order valence-electron chi connectivity index (χ3n) is 4.35. The van der Waals surface area contributed by atoms with E-state index >= 15 is 0 Å². The Labute approximate surface area is 136 Å². The topological polar surface area (TPSA) is 26.0 Å². The van der Waals surface area contributed by atoms with Crippen molar-refractivity contribution < 1.29 is 0 Å². The molecule has 0 fully saturated rings. The normalized spacial score (nSPS) is 11.5. The highest BCUT2D eigenvalue weighted by atomic mass is 32.1. The van der Waals surface area contributed by atoms with Crippen molar-refractivity contribution in [3.63, 3.8) is 0 Å². The van der Waals surface area contributed by atoms with Gasteiger partial charge < -0.3 is 5.73 Å². The molecule has 2 aromatic carbocycles. The minimum atomic E-state index is 0.524. The number of aryl methyl sites for hydroxylation is 2. The van der Waals surface area contributed by atoms with E-state index in [9.17, 15) is 0 Å². The van der Waals surface area contributed by atoms with Crippen LogP contribution in [0.2, 0.25) is 0 Å². The van der Waals surface area contributed by atoms with E-state index in [0.717, 1.165) is 12.1 Å². The van der Waals surface area contributed by atoms with Gasteiger partial charge in [-0.2, -0.15) is 0 Å². The number of fused-ring (bicyclic) bond motifs is 1. The van der Waals surface area contributed by atoms with Crippen molar-refractivity contribution in [1.82, 2.24) is 0 Å².